The predicted octanol–water partition coefficient (Wildman–Crippen LogP) is 11.1. The van der Waals surface area contributed by atoms with Gasteiger partial charge in [0.05, 0.1) is 34.4 Å². The van der Waals surface area contributed by atoms with Crippen molar-refractivity contribution in [3.63, 3.8) is 0 Å². The summed E-state index contributed by atoms with van der Waals surface area (Å²) in [4.78, 5) is 13.9. The molecule has 0 atom stereocenters. The van der Waals surface area contributed by atoms with Crippen LogP contribution in [0.25, 0.3) is 65.8 Å². The van der Waals surface area contributed by atoms with Crippen molar-refractivity contribution >= 4 is 66.0 Å². The van der Waals surface area contributed by atoms with Gasteiger partial charge in [0.25, 0.3) is 5.91 Å². The van der Waals surface area contributed by atoms with Gasteiger partial charge >= 0.3 is 0 Å². The van der Waals surface area contributed by atoms with Crippen molar-refractivity contribution in [1.29, 1.82) is 0 Å². The van der Waals surface area contributed by atoms with E-state index in [-0.39, 0.29) is 17.9 Å². The van der Waals surface area contributed by atoms with E-state index in [0.717, 1.165) is 55.0 Å². The molecule has 0 aliphatic heterocycles. The highest BCUT2D eigenvalue weighted by Crippen LogP contribution is 2.43. The van der Waals surface area contributed by atoms with Crippen LogP contribution in [0.1, 0.15) is 42.3 Å². The van der Waals surface area contributed by atoms with Crippen molar-refractivity contribution in [3.05, 3.63) is 162 Å². The number of para-hydroxylation sites is 2. The molecule has 7 aromatic carbocycles. The fraction of sp³-hybridized carbons (Fsp3) is 0.109. The van der Waals surface area contributed by atoms with Crippen LogP contribution in [0.15, 0.2) is 146 Å². The van der Waals surface area contributed by atoms with Crippen LogP contribution in [0.2, 0.25) is 0 Å². The van der Waals surface area contributed by atoms with E-state index < -0.39 is 0 Å². The number of amides is 1. The number of hydrogen-bond acceptors (Lipinski definition) is 2. The third kappa shape index (κ3) is 4.92. The lowest BCUT2D eigenvalue weighted by Crippen LogP contribution is -2.16. The number of hydrogen-bond donors (Lipinski definition) is 2. The van der Waals surface area contributed by atoms with Crippen molar-refractivity contribution in [2.75, 3.05) is 5.32 Å². The molecule has 9 aromatic rings. The van der Waals surface area contributed by atoms with Gasteiger partial charge in [0.2, 0.25) is 0 Å². The summed E-state index contributed by atoms with van der Waals surface area (Å²) in [5.41, 5.74) is 9.02. The number of nitrogens with zero attached hydrogens (tertiary/aromatic N) is 2. The van der Waals surface area contributed by atoms with Gasteiger partial charge in [-0.2, -0.15) is 0 Å². The lowest BCUT2D eigenvalue weighted by atomic mass is 9.87. The number of benzene rings is 7. The molecule has 0 saturated heterocycles. The maximum Gasteiger partial charge on any atom is 0.256 e. The first kappa shape index (κ1) is 30.9. The van der Waals surface area contributed by atoms with Gasteiger partial charge in [-0.15, -0.1) is 0 Å². The van der Waals surface area contributed by atoms with Crippen LogP contribution in [-0.2, 0) is 12.0 Å². The molecule has 1 amide bonds. The van der Waals surface area contributed by atoms with E-state index in [4.69, 9.17) is 0 Å². The van der Waals surface area contributed by atoms with Crippen LogP contribution in [-0.4, -0.2) is 20.1 Å². The minimum Gasteiger partial charge on any atom is -0.392 e. The zero-order chi connectivity index (χ0) is 34.9. The zero-order valence-electron chi connectivity index (χ0n) is 28.8. The van der Waals surface area contributed by atoms with Gasteiger partial charge in [-0.1, -0.05) is 112 Å². The number of nitrogens with one attached hydrogen (secondary N) is 1. The summed E-state index contributed by atoms with van der Waals surface area (Å²) in [7, 11) is 0. The van der Waals surface area contributed by atoms with Crippen molar-refractivity contribution in [1.82, 2.24) is 9.13 Å². The molecule has 0 unspecified atom stereocenters. The Morgan fingerprint density at radius 1 is 0.627 bits per heavy atom. The van der Waals surface area contributed by atoms with E-state index in [0.29, 0.717) is 16.8 Å². The first-order chi connectivity index (χ1) is 24.8. The van der Waals surface area contributed by atoms with Gasteiger partial charge in [-0.25, -0.2) is 0 Å². The van der Waals surface area contributed by atoms with Crippen LogP contribution >= 0.6 is 0 Å². The minimum atomic E-state index is -0.301. The first-order valence-electron chi connectivity index (χ1n) is 17.4. The Kier molecular flexibility index (Phi) is 7.09. The van der Waals surface area contributed by atoms with E-state index in [1.54, 1.807) is 6.07 Å². The quantitative estimate of drug-likeness (QED) is 0.193. The second kappa shape index (κ2) is 11.7. The Labute approximate surface area is 296 Å². The highest BCUT2D eigenvalue weighted by atomic mass is 16.3. The van der Waals surface area contributed by atoms with Gasteiger partial charge < -0.3 is 19.6 Å². The summed E-state index contributed by atoms with van der Waals surface area (Å²) in [5, 5.41) is 20.9. The van der Waals surface area contributed by atoms with E-state index in [9.17, 15) is 9.90 Å². The van der Waals surface area contributed by atoms with Crippen molar-refractivity contribution < 1.29 is 9.90 Å². The molecule has 2 aromatic heterocycles. The molecule has 5 nitrogen and oxygen atoms in total. The molecule has 0 aliphatic rings. The van der Waals surface area contributed by atoms with Crippen molar-refractivity contribution in [2.24, 2.45) is 0 Å². The number of aliphatic hydroxyl groups is 1. The van der Waals surface area contributed by atoms with Crippen LogP contribution in [0.3, 0.4) is 0 Å². The molecule has 248 valence electrons. The summed E-state index contributed by atoms with van der Waals surface area (Å²) in [5.74, 6) is -0.261. The number of fused-ring (bicyclic) bond motifs is 8. The normalized spacial score (nSPS) is 12.1. The molecule has 2 N–H and O–H groups in total. The molecule has 0 bridgehead atoms. The monoisotopic (exact) mass is 663 g/mol. The summed E-state index contributed by atoms with van der Waals surface area (Å²) in [6, 6.07) is 50.2. The van der Waals surface area contributed by atoms with Gasteiger partial charge in [-0.05, 0) is 76.3 Å². The predicted molar refractivity (Wildman–Crippen MR) is 212 cm³/mol. The third-order valence-corrected chi connectivity index (χ3v) is 10.3. The molecule has 0 aliphatic carbocycles. The molecule has 0 spiro atoms. The van der Waals surface area contributed by atoms with Crippen LogP contribution < -0.4 is 5.32 Å². The minimum absolute atomic E-state index is 0.0104. The number of aliphatic hydroxyl groups excluding tert-OH is 1. The third-order valence-electron chi connectivity index (χ3n) is 10.3. The fourth-order valence-electron chi connectivity index (χ4n) is 7.77. The Morgan fingerprint density at radius 3 is 2.06 bits per heavy atom. The second-order valence-corrected chi connectivity index (χ2v) is 14.3. The zero-order valence-corrected chi connectivity index (χ0v) is 28.8. The molecule has 9 rings (SSSR count). The van der Waals surface area contributed by atoms with E-state index >= 15 is 0 Å². The number of anilines is 1. The summed E-state index contributed by atoms with van der Waals surface area (Å²) >= 11 is 0. The Hall–Kier alpha value is -6.17. The van der Waals surface area contributed by atoms with Gasteiger partial charge in [-0.3, -0.25) is 4.79 Å². The SMILES string of the molecule is CC(C)(C)c1ccc(NC(=O)c2cccc(-n3c4ccccc4c4ccc5c(c6ccccc6n5-c5ccc6ccccc6c5)c43)c2CO)cc1. The molecule has 0 saturated carbocycles. The maximum absolute atomic E-state index is 13.9. The summed E-state index contributed by atoms with van der Waals surface area (Å²) in [6.45, 7) is 6.21. The van der Waals surface area contributed by atoms with Crippen LogP contribution in [0.4, 0.5) is 5.69 Å². The van der Waals surface area contributed by atoms with Crippen LogP contribution in [0.5, 0.6) is 0 Å². The van der Waals surface area contributed by atoms with Gasteiger partial charge in [0, 0.05) is 44.0 Å². The largest absolute Gasteiger partial charge is 0.392 e. The Morgan fingerprint density at radius 2 is 1.31 bits per heavy atom. The number of rotatable bonds is 5. The highest BCUT2D eigenvalue weighted by molar-refractivity contribution is 6.26. The number of carbonyl (C=O) groups is 1. The van der Waals surface area contributed by atoms with E-state index in [2.05, 4.69) is 144 Å². The molecule has 51 heavy (non-hydrogen) atoms. The highest BCUT2D eigenvalue weighted by Gasteiger charge is 2.24. The molecule has 2 heterocycles. The molecular formula is C46H37N3O2. The number of aromatic nitrogens is 2. The lowest BCUT2D eigenvalue weighted by Gasteiger charge is -2.19. The molecule has 0 radical (unpaired) electrons. The van der Waals surface area contributed by atoms with E-state index in [1.165, 1.54) is 16.3 Å². The topological polar surface area (TPSA) is 59.2 Å². The van der Waals surface area contributed by atoms with Crippen LogP contribution in [0, 0.1) is 0 Å². The summed E-state index contributed by atoms with van der Waals surface area (Å²) in [6.07, 6.45) is 0. The standard InChI is InChI=1S/C46H37N3O2/c1-46(2,3)31-20-22-32(23-21-31)47-45(51)36-15-10-18-41(38(36)28-50)49-39-16-8-6-13-34(39)35-25-26-42-43(44(35)49)37-14-7-9-17-40(37)48(42)33-24-19-29-11-4-5-12-30(29)27-33/h4-27,50H,28H2,1-3H3,(H,47,51). The average molecular weight is 664 g/mol. The second-order valence-electron chi connectivity index (χ2n) is 14.3. The van der Waals surface area contributed by atoms with Crippen molar-refractivity contribution in [2.45, 2.75) is 32.8 Å². The average Bonchev–Trinajstić information content (AvgIpc) is 3.67. The maximum atomic E-state index is 13.9. The van der Waals surface area contributed by atoms with Gasteiger partial charge in [0.15, 0.2) is 0 Å². The molecule has 5 heteroatoms. The molecule has 0 fully saturated rings. The Bertz CT molecular complexity index is 2810. The smallest absolute Gasteiger partial charge is 0.256 e. The first-order valence-corrected chi connectivity index (χ1v) is 17.4. The van der Waals surface area contributed by atoms with Gasteiger partial charge in [0.1, 0.15) is 0 Å². The van der Waals surface area contributed by atoms with Crippen molar-refractivity contribution in [3.8, 4) is 11.4 Å². The Balaban J connectivity index is 1.29. The summed E-state index contributed by atoms with van der Waals surface area (Å²) < 4.78 is 4.59. The lowest BCUT2D eigenvalue weighted by molar-refractivity contribution is 0.102. The van der Waals surface area contributed by atoms with E-state index in [1.807, 2.05) is 30.3 Å². The fourth-order valence-corrected chi connectivity index (χ4v) is 7.77. The number of carbonyl (C=O) groups excluding carboxylic acids is 1. The molecular weight excluding hydrogens is 627 g/mol.